The predicted molar refractivity (Wildman–Crippen MR) is 200 cm³/mol. The van der Waals surface area contributed by atoms with Crippen LogP contribution in [0, 0.1) is 47.6 Å². The van der Waals surface area contributed by atoms with Gasteiger partial charge in [0.25, 0.3) is 0 Å². The predicted octanol–water partition coefficient (Wildman–Crippen LogP) is 10.9. The van der Waals surface area contributed by atoms with Gasteiger partial charge >= 0.3 is 0 Å². The van der Waals surface area contributed by atoms with Gasteiger partial charge in [-0.3, -0.25) is 4.98 Å². The quantitative estimate of drug-likeness (QED) is 0.130. The number of nitrogens with zero attached hydrogens (tertiary/aromatic N) is 2. The van der Waals surface area contributed by atoms with Gasteiger partial charge < -0.3 is 9.13 Å². The summed E-state index contributed by atoms with van der Waals surface area (Å²) < 4.78 is 18.1. The first-order chi connectivity index (χ1) is 24.0. The third kappa shape index (κ3) is 5.22. The molecule has 8 saturated carbocycles. The molecule has 8 aliphatic carbocycles. The summed E-state index contributed by atoms with van der Waals surface area (Å²) in [6.07, 6.45) is 16.3. The minimum absolute atomic E-state index is 0. The monoisotopic (exact) mass is 855 g/mol. The molecule has 8 aliphatic rings. The SMILES string of the molecule is O=P(c1[c-]cccc1)(C12CC3CC(CC(C3)C1)C2)C12CC3CC(CC(C3)C1)C2.[Ir].[c-]1ccccc1-c1nc2ccccc2n1-c1ccccc1. The first-order valence-electron chi connectivity index (χ1n) is 19.1. The molecule has 0 aliphatic heterocycles. The topological polar surface area (TPSA) is 34.9 Å². The summed E-state index contributed by atoms with van der Waals surface area (Å²) in [4.78, 5) is 4.79. The average molecular weight is 855 g/mol. The summed E-state index contributed by atoms with van der Waals surface area (Å²) in [7, 11) is -2.53. The summed E-state index contributed by atoms with van der Waals surface area (Å²) >= 11 is 0. The largest absolute Gasteiger partial charge is 0.333 e. The Hall–Kier alpha value is -2.77. The van der Waals surface area contributed by atoms with Crippen LogP contribution in [-0.4, -0.2) is 19.9 Å². The Morgan fingerprint density at radius 1 is 0.580 bits per heavy atom. The number of hydrogen-bond donors (Lipinski definition) is 0. The van der Waals surface area contributed by atoms with Crippen molar-refractivity contribution in [3.8, 4) is 17.1 Å². The molecule has 1 aromatic heterocycles. The van der Waals surface area contributed by atoms with Crippen molar-refractivity contribution in [1.82, 2.24) is 9.55 Å². The molecular formula is C45H47IrN2OP-2. The minimum atomic E-state index is -2.53. The van der Waals surface area contributed by atoms with Crippen LogP contribution in [0.1, 0.15) is 77.0 Å². The molecule has 0 N–H and O–H groups in total. The zero-order valence-corrected chi connectivity index (χ0v) is 32.1. The summed E-state index contributed by atoms with van der Waals surface area (Å²) in [6.45, 7) is 0. The molecule has 4 aromatic carbocycles. The zero-order valence-electron chi connectivity index (χ0n) is 28.8. The van der Waals surface area contributed by atoms with Crippen LogP contribution >= 0.6 is 7.14 Å². The fourth-order valence-electron chi connectivity index (χ4n) is 13.1. The Balaban J connectivity index is 0.000000138. The normalized spacial score (nSPS) is 34.1. The second-order valence-electron chi connectivity index (χ2n) is 17.0. The van der Waals surface area contributed by atoms with Crippen LogP contribution in [-0.2, 0) is 24.7 Å². The summed E-state index contributed by atoms with van der Waals surface area (Å²) in [5, 5.41) is 1.43. The van der Waals surface area contributed by atoms with Crippen LogP contribution in [0.15, 0.2) is 103 Å². The van der Waals surface area contributed by atoms with Gasteiger partial charge in [-0.25, -0.2) is 0 Å². The number of rotatable bonds is 5. The molecule has 0 atom stereocenters. The van der Waals surface area contributed by atoms with E-state index in [0.717, 1.165) is 63.6 Å². The fraction of sp³-hybridized carbons (Fsp3) is 0.444. The van der Waals surface area contributed by atoms with Crippen molar-refractivity contribution in [3.05, 3.63) is 115 Å². The van der Waals surface area contributed by atoms with E-state index in [4.69, 9.17) is 4.98 Å². The second kappa shape index (κ2) is 12.7. The summed E-state index contributed by atoms with van der Waals surface area (Å²) in [6, 6.07) is 41.8. The molecule has 1 radical (unpaired) electrons. The molecule has 13 rings (SSSR count). The van der Waals surface area contributed by atoms with Gasteiger partial charge in [-0.1, -0.05) is 30.3 Å². The first-order valence-corrected chi connectivity index (χ1v) is 20.8. The Kier molecular flexibility index (Phi) is 8.42. The van der Waals surface area contributed by atoms with E-state index < -0.39 is 7.14 Å². The van der Waals surface area contributed by atoms with Gasteiger partial charge in [-0.15, -0.1) is 41.2 Å². The number of fused-ring (bicyclic) bond motifs is 1. The number of imidazole rings is 1. The Labute approximate surface area is 311 Å². The van der Waals surface area contributed by atoms with Crippen molar-refractivity contribution in [3.63, 3.8) is 0 Å². The van der Waals surface area contributed by atoms with Crippen LogP contribution < -0.4 is 5.30 Å². The van der Waals surface area contributed by atoms with Crippen molar-refractivity contribution in [1.29, 1.82) is 0 Å². The van der Waals surface area contributed by atoms with Gasteiger partial charge in [0.05, 0.1) is 16.9 Å². The third-order valence-electron chi connectivity index (χ3n) is 13.9. The van der Waals surface area contributed by atoms with Gasteiger partial charge in [0.1, 0.15) is 7.14 Å². The summed E-state index contributed by atoms with van der Waals surface area (Å²) in [5.74, 6) is 6.15. The van der Waals surface area contributed by atoms with Gasteiger partial charge in [0.15, 0.2) is 0 Å². The zero-order chi connectivity index (χ0) is 32.6. The Morgan fingerprint density at radius 3 is 1.56 bits per heavy atom. The van der Waals surface area contributed by atoms with Crippen LogP contribution in [0.3, 0.4) is 0 Å². The van der Waals surface area contributed by atoms with E-state index in [2.05, 4.69) is 59.2 Å². The van der Waals surface area contributed by atoms with Crippen LogP contribution in [0.5, 0.6) is 0 Å². The number of para-hydroxylation sites is 3. The average Bonchev–Trinajstić information content (AvgIpc) is 3.51. The third-order valence-corrected chi connectivity index (χ3v) is 18.6. The molecule has 0 unspecified atom stereocenters. The molecule has 3 nitrogen and oxygen atoms in total. The van der Waals surface area contributed by atoms with E-state index in [-0.39, 0.29) is 30.4 Å². The molecule has 5 aromatic rings. The second-order valence-corrected chi connectivity index (χ2v) is 20.6. The van der Waals surface area contributed by atoms with Crippen molar-refractivity contribution < 1.29 is 24.7 Å². The molecule has 0 saturated heterocycles. The maximum atomic E-state index is 15.9. The fourth-order valence-corrected chi connectivity index (χ4v) is 18.7. The number of hydrogen-bond acceptors (Lipinski definition) is 2. The molecule has 50 heavy (non-hydrogen) atoms. The van der Waals surface area contributed by atoms with E-state index in [1.807, 2.05) is 60.7 Å². The van der Waals surface area contributed by atoms with Gasteiger partial charge in [-0.2, -0.15) is 30.3 Å². The Bertz CT molecular complexity index is 1900. The van der Waals surface area contributed by atoms with Crippen LogP contribution in [0.4, 0.5) is 0 Å². The number of benzene rings is 4. The summed E-state index contributed by atoms with van der Waals surface area (Å²) in [5.41, 5.74) is 4.21. The van der Waals surface area contributed by atoms with Crippen LogP contribution in [0.25, 0.3) is 28.1 Å². The van der Waals surface area contributed by atoms with Crippen molar-refractivity contribution in [2.45, 2.75) is 87.4 Å². The smallest absolute Gasteiger partial charge is 0.104 e. The van der Waals surface area contributed by atoms with Crippen molar-refractivity contribution in [2.75, 3.05) is 0 Å². The standard InChI is InChI=1S/C26H34OP.C19H13N2.Ir/c27-28(24-4-2-1-3-5-24,25-12-18-6-19(13-25)8-20(7-18)14-25)26-15-21-9-22(16-26)11-23(10-21)17-26;1-3-9-15(10-4-1)19-20-17-13-7-8-14-18(17)21(19)16-11-5-2-6-12-16;/h1-4,18-23H,6-17H2;1-9,11-14H;/q2*-1;. The molecule has 5 heteroatoms. The molecule has 1 heterocycles. The Morgan fingerprint density at radius 2 is 1.06 bits per heavy atom. The van der Waals surface area contributed by atoms with E-state index >= 15 is 4.57 Å². The van der Waals surface area contributed by atoms with Crippen molar-refractivity contribution >= 4 is 23.5 Å². The minimum Gasteiger partial charge on any atom is -0.333 e. The van der Waals surface area contributed by atoms with E-state index in [1.54, 1.807) is 0 Å². The van der Waals surface area contributed by atoms with Gasteiger partial charge in [0, 0.05) is 36.1 Å². The molecule has 0 spiro atoms. The van der Waals surface area contributed by atoms with Gasteiger partial charge in [-0.05, 0) is 137 Å². The molecule has 8 bridgehead atoms. The van der Waals surface area contributed by atoms with E-state index in [0.29, 0.717) is 0 Å². The van der Waals surface area contributed by atoms with Crippen molar-refractivity contribution in [2.24, 2.45) is 35.5 Å². The van der Waals surface area contributed by atoms with Gasteiger partial charge in [0.2, 0.25) is 0 Å². The molecule has 8 fully saturated rings. The molecule has 259 valence electrons. The first kappa shape index (κ1) is 33.1. The molecule has 0 amide bonds. The number of aromatic nitrogens is 2. The maximum absolute atomic E-state index is 15.9. The van der Waals surface area contributed by atoms with E-state index in [1.165, 1.54) is 82.4 Å². The van der Waals surface area contributed by atoms with Crippen LogP contribution in [0.2, 0.25) is 0 Å². The van der Waals surface area contributed by atoms with E-state index in [9.17, 15) is 0 Å². The molecular weight excluding hydrogens is 808 g/mol. The maximum Gasteiger partial charge on any atom is 0.104 e.